The molecule has 1 N–H and O–H groups in total. The largest absolute Gasteiger partial charge is 0.481 e. The normalized spacial score (nSPS) is 18.8. The third kappa shape index (κ3) is 3.82. The lowest BCUT2D eigenvalue weighted by Crippen LogP contribution is -2.26. The van der Waals surface area contributed by atoms with Crippen molar-refractivity contribution in [3.63, 3.8) is 0 Å². The van der Waals surface area contributed by atoms with Gasteiger partial charge in [-0.2, -0.15) is 0 Å². The molecule has 1 aromatic rings. The van der Waals surface area contributed by atoms with Gasteiger partial charge in [0, 0.05) is 0 Å². The molecule has 1 atom stereocenters. The number of aliphatic carboxylic acids is 1. The fourth-order valence-corrected chi connectivity index (χ4v) is 3.24. The monoisotopic (exact) mass is 260 g/mol. The number of hydrogen-bond donors (Lipinski definition) is 1. The highest BCUT2D eigenvalue weighted by Crippen LogP contribution is 2.31. The maximum absolute atomic E-state index is 11.6. The third-order valence-electron chi connectivity index (χ3n) is 4.49. The molecule has 2 rings (SSSR count). The molecule has 0 heterocycles. The van der Waals surface area contributed by atoms with Crippen LogP contribution >= 0.6 is 0 Å². The highest BCUT2D eigenvalue weighted by Gasteiger charge is 2.28. The molecule has 1 fully saturated rings. The molecule has 0 radical (unpaired) electrons. The van der Waals surface area contributed by atoms with Crippen molar-refractivity contribution in [2.24, 2.45) is 11.8 Å². The Bertz CT molecular complexity index is 417. The summed E-state index contributed by atoms with van der Waals surface area (Å²) in [7, 11) is 0. The minimum Gasteiger partial charge on any atom is -0.481 e. The zero-order valence-corrected chi connectivity index (χ0v) is 11.8. The Hall–Kier alpha value is -1.31. The minimum atomic E-state index is -0.616. The molecular formula is C17H24O2. The zero-order valence-electron chi connectivity index (χ0n) is 11.8. The van der Waals surface area contributed by atoms with E-state index in [-0.39, 0.29) is 5.92 Å². The van der Waals surface area contributed by atoms with Crippen molar-refractivity contribution >= 4 is 5.97 Å². The molecule has 1 unspecified atom stereocenters. The Kier molecular flexibility index (Phi) is 5.00. The third-order valence-corrected chi connectivity index (χ3v) is 4.49. The summed E-state index contributed by atoms with van der Waals surface area (Å²) >= 11 is 0. The van der Waals surface area contributed by atoms with Crippen molar-refractivity contribution in [1.29, 1.82) is 0 Å². The van der Waals surface area contributed by atoms with Crippen LogP contribution in [0.5, 0.6) is 0 Å². The van der Waals surface area contributed by atoms with Gasteiger partial charge in [-0.25, -0.2) is 0 Å². The molecule has 104 valence electrons. The molecular weight excluding hydrogens is 236 g/mol. The molecule has 0 spiro atoms. The van der Waals surface area contributed by atoms with Gasteiger partial charge in [0.25, 0.3) is 0 Å². The van der Waals surface area contributed by atoms with Gasteiger partial charge in [-0.15, -0.1) is 0 Å². The van der Waals surface area contributed by atoms with Crippen LogP contribution in [0.2, 0.25) is 0 Å². The van der Waals surface area contributed by atoms with Crippen molar-refractivity contribution in [2.45, 2.75) is 51.9 Å². The first-order valence-corrected chi connectivity index (χ1v) is 7.46. The molecule has 0 saturated heterocycles. The van der Waals surface area contributed by atoms with Crippen LogP contribution in [0.15, 0.2) is 24.3 Å². The average molecular weight is 260 g/mol. The van der Waals surface area contributed by atoms with Gasteiger partial charge in [-0.1, -0.05) is 49.9 Å². The van der Waals surface area contributed by atoms with Crippen molar-refractivity contribution in [2.75, 3.05) is 0 Å². The molecule has 0 aromatic heterocycles. The van der Waals surface area contributed by atoms with Gasteiger partial charge >= 0.3 is 5.97 Å². The van der Waals surface area contributed by atoms with E-state index < -0.39 is 5.97 Å². The lowest BCUT2D eigenvalue weighted by molar-refractivity contribution is -0.143. The maximum atomic E-state index is 11.6. The van der Waals surface area contributed by atoms with Crippen LogP contribution in [0.25, 0.3) is 0 Å². The second kappa shape index (κ2) is 6.74. The summed E-state index contributed by atoms with van der Waals surface area (Å²) in [5.74, 6) is -0.464. The van der Waals surface area contributed by atoms with Gasteiger partial charge in [0.05, 0.1) is 5.92 Å². The lowest BCUT2D eigenvalue weighted by atomic mass is 9.81. The van der Waals surface area contributed by atoms with Crippen molar-refractivity contribution < 1.29 is 9.90 Å². The summed E-state index contributed by atoms with van der Waals surface area (Å²) in [6, 6.07) is 8.16. The molecule has 2 nitrogen and oxygen atoms in total. The summed E-state index contributed by atoms with van der Waals surface area (Å²) in [4.78, 5) is 11.6. The molecule has 0 amide bonds. The number of carboxylic acid groups (broad SMARTS) is 1. The van der Waals surface area contributed by atoms with E-state index in [0.717, 1.165) is 12.8 Å². The van der Waals surface area contributed by atoms with Crippen LogP contribution in [0, 0.1) is 18.8 Å². The fraction of sp³-hybridized carbons (Fsp3) is 0.588. The van der Waals surface area contributed by atoms with E-state index in [1.165, 1.54) is 36.8 Å². The summed E-state index contributed by atoms with van der Waals surface area (Å²) < 4.78 is 0. The maximum Gasteiger partial charge on any atom is 0.307 e. The number of hydrogen-bond acceptors (Lipinski definition) is 1. The van der Waals surface area contributed by atoms with Crippen LogP contribution < -0.4 is 0 Å². The SMILES string of the molecule is Cc1ccccc1CC(C(=O)O)C1CCCCCC1. The molecule has 1 aliphatic rings. The van der Waals surface area contributed by atoms with Gasteiger partial charge in [-0.3, -0.25) is 4.79 Å². The van der Waals surface area contributed by atoms with Crippen molar-refractivity contribution in [3.05, 3.63) is 35.4 Å². The number of aryl methyl sites for hydroxylation is 1. The van der Waals surface area contributed by atoms with Gasteiger partial charge in [0.1, 0.15) is 0 Å². The Morgan fingerprint density at radius 3 is 2.42 bits per heavy atom. The van der Waals surface area contributed by atoms with Crippen LogP contribution in [0.4, 0.5) is 0 Å². The Morgan fingerprint density at radius 2 is 1.84 bits per heavy atom. The highest BCUT2D eigenvalue weighted by molar-refractivity contribution is 5.71. The minimum absolute atomic E-state index is 0.209. The molecule has 1 aliphatic carbocycles. The lowest BCUT2D eigenvalue weighted by Gasteiger charge is -2.23. The van der Waals surface area contributed by atoms with Crippen molar-refractivity contribution in [3.8, 4) is 0 Å². The number of carbonyl (C=O) groups is 1. The van der Waals surface area contributed by atoms with E-state index >= 15 is 0 Å². The fourth-order valence-electron chi connectivity index (χ4n) is 3.24. The molecule has 0 bridgehead atoms. The topological polar surface area (TPSA) is 37.3 Å². The summed E-state index contributed by atoms with van der Waals surface area (Å²) in [5, 5.41) is 9.57. The van der Waals surface area contributed by atoms with Crippen molar-refractivity contribution in [1.82, 2.24) is 0 Å². The standard InChI is InChI=1S/C17H24O2/c1-13-8-6-7-11-15(13)12-16(17(18)19)14-9-4-2-3-5-10-14/h6-8,11,14,16H,2-5,9-10,12H2,1H3,(H,18,19). The summed E-state index contributed by atoms with van der Waals surface area (Å²) in [6.45, 7) is 2.07. The average Bonchev–Trinajstić information content (AvgIpc) is 2.66. The molecule has 0 aliphatic heterocycles. The first-order chi connectivity index (χ1) is 9.18. The zero-order chi connectivity index (χ0) is 13.7. The summed E-state index contributed by atoms with van der Waals surface area (Å²) in [6.07, 6.45) is 7.79. The van der Waals surface area contributed by atoms with Gasteiger partial charge in [0.15, 0.2) is 0 Å². The molecule has 1 saturated carbocycles. The van der Waals surface area contributed by atoms with Gasteiger partial charge in [0.2, 0.25) is 0 Å². The van der Waals surface area contributed by atoms with Crippen LogP contribution in [0.3, 0.4) is 0 Å². The van der Waals surface area contributed by atoms with Crippen LogP contribution in [-0.4, -0.2) is 11.1 Å². The smallest absolute Gasteiger partial charge is 0.307 e. The second-order valence-corrected chi connectivity index (χ2v) is 5.83. The van der Waals surface area contributed by atoms with E-state index in [4.69, 9.17) is 0 Å². The second-order valence-electron chi connectivity index (χ2n) is 5.83. The number of rotatable bonds is 4. The van der Waals surface area contributed by atoms with Gasteiger partial charge in [-0.05, 0) is 43.2 Å². The molecule has 2 heteroatoms. The Balaban J connectivity index is 2.11. The Labute approximate surface area is 115 Å². The predicted octanol–water partition coefficient (Wildman–Crippen LogP) is 4.21. The molecule has 1 aromatic carbocycles. The Morgan fingerprint density at radius 1 is 1.21 bits per heavy atom. The van der Waals surface area contributed by atoms with E-state index in [1.54, 1.807) is 0 Å². The van der Waals surface area contributed by atoms with E-state index in [1.807, 2.05) is 12.1 Å². The first-order valence-electron chi connectivity index (χ1n) is 7.46. The first kappa shape index (κ1) is 14.1. The predicted molar refractivity (Wildman–Crippen MR) is 77.2 cm³/mol. The van der Waals surface area contributed by atoms with E-state index in [0.29, 0.717) is 12.3 Å². The summed E-state index contributed by atoms with van der Waals surface area (Å²) in [5.41, 5.74) is 2.40. The number of carboxylic acids is 1. The highest BCUT2D eigenvalue weighted by atomic mass is 16.4. The number of benzene rings is 1. The van der Waals surface area contributed by atoms with Crippen LogP contribution in [-0.2, 0) is 11.2 Å². The van der Waals surface area contributed by atoms with E-state index in [2.05, 4.69) is 19.1 Å². The van der Waals surface area contributed by atoms with Crippen LogP contribution in [0.1, 0.15) is 49.7 Å². The van der Waals surface area contributed by atoms with Gasteiger partial charge < -0.3 is 5.11 Å². The van der Waals surface area contributed by atoms with E-state index in [9.17, 15) is 9.90 Å². The molecule has 19 heavy (non-hydrogen) atoms. The quantitative estimate of drug-likeness (QED) is 0.823.